The second-order valence-corrected chi connectivity index (χ2v) is 5.51. The van der Waals surface area contributed by atoms with Gasteiger partial charge in [-0.1, -0.05) is 15.9 Å². The maximum absolute atomic E-state index is 11.8. The zero-order valence-electron chi connectivity index (χ0n) is 8.88. The van der Waals surface area contributed by atoms with Crippen LogP contribution in [0.15, 0.2) is 22.7 Å². The molecule has 1 aromatic carbocycles. The molecule has 1 aromatic rings. The number of amides is 1. The van der Waals surface area contributed by atoms with Crippen LogP contribution in [-0.4, -0.2) is 17.7 Å². The van der Waals surface area contributed by atoms with Crippen LogP contribution in [0.1, 0.15) is 24.2 Å². The highest BCUT2D eigenvalue weighted by molar-refractivity contribution is 14.1. The summed E-state index contributed by atoms with van der Waals surface area (Å²) >= 11 is 5.40. The molecule has 1 N–H and O–H groups in total. The molecule has 1 atom stereocenters. The van der Waals surface area contributed by atoms with Crippen molar-refractivity contribution in [2.75, 3.05) is 0 Å². The largest absolute Gasteiger partial charge is 0.342 e. The van der Waals surface area contributed by atoms with Crippen molar-refractivity contribution < 1.29 is 9.59 Å². The van der Waals surface area contributed by atoms with Gasteiger partial charge in [-0.25, -0.2) is 0 Å². The molecule has 0 aliphatic carbocycles. The first-order valence-corrected chi connectivity index (χ1v) is 6.55. The minimum Gasteiger partial charge on any atom is -0.342 e. The summed E-state index contributed by atoms with van der Waals surface area (Å²) in [5, 5.41) is 2.65. The summed E-state index contributed by atoms with van der Waals surface area (Å²) in [5.41, 5.74) is 0.572. The third-order valence-electron chi connectivity index (χ3n) is 2.13. The zero-order chi connectivity index (χ0) is 12.3. The maximum atomic E-state index is 11.8. The van der Waals surface area contributed by atoms with Crippen LogP contribution in [0.4, 0.5) is 0 Å². The van der Waals surface area contributed by atoms with E-state index in [0.29, 0.717) is 5.56 Å². The fraction of sp³-hybridized carbons (Fsp3) is 0.273. The molecule has 0 bridgehead atoms. The number of hydrogen-bond acceptors (Lipinski definition) is 2. The summed E-state index contributed by atoms with van der Waals surface area (Å²) in [6, 6.07) is 5.00. The van der Waals surface area contributed by atoms with E-state index >= 15 is 0 Å². The van der Waals surface area contributed by atoms with Crippen molar-refractivity contribution in [1.29, 1.82) is 0 Å². The van der Waals surface area contributed by atoms with Gasteiger partial charge < -0.3 is 5.32 Å². The third kappa shape index (κ3) is 3.55. The van der Waals surface area contributed by atoms with Crippen LogP contribution >= 0.6 is 38.5 Å². The Bertz CT molecular complexity index is 434. The molecule has 0 heterocycles. The first-order chi connectivity index (χ1) is 7.41. The Morgan fingerprint density at radius 1 is 1.44 bits per heavy atom. The van der Waals surface area contributed by atoms with E-state index in [-0.39, 0.29) is 11.7 Å². The van der Waals surface area contributed by atoms with E-state index in [9.17, 15) is 9.59 Å². The SMILES string of the molecule is CC(=O)C(C)NC(=O)c1cc(Br)ccc1I. The molecule has 1 rings (SSSR count). The number of carbonyl (C=O) groups is 2. The molecule has 1 amide bonds. The Morgan fingerprint density at radius 2 is 2.06 bits per heavy atom. The van der Waals surface area contributed by atoms with Gasteiger partial charge in [0.1, 0.15) is 0 Å². The molecule has 0 radical (unpaired) electrons. The van der Waals surface area contributed by atoms with Gasteiger partial charge in [0.15, 0.2) is 5.78 Å². The Kier molecular flexibility index (Phi) is 4.91. The molecular formula is C11H11BrINO2. The molecule has 0 aromatic heterocycles. The Morgan fingerprint density at radius 3 is 2.62 bits per heavy atom. The first-order valence-electron chi connectivity index (χ1n) is 4.68. The summed E-state index contributed by atoms with van der Waals surface area (Å²) < 4.78 is 1.70. The summed E-state index contributed by atoms with van der Waals surface area (Å²) in [6.45, 7) is 3.13. The Balaban J connectivity index is 2.88. The molecule has 1 unspecified atom stereocenters. The molecule has 0 spiro atoms. The van der Waals surface area contributed by atoms with Crippen molar-refractivity contribution in [1.82, 2.24) is 5.32 Å². The Labute approximate surface area is 116 Å². The zero-order valence-corrected chi connectivity index (χ0v) is 12.6. The van der Waals surface area contributed by atoms with Crippen molar-refractivity contribution in [2.45, 2.75) is 19.9 Å². The van der Waals surface area contributed by atoms with E-state index in [4.69, 9.17) is 0 Å². The van der Waals surface area contributed by atoms with E-state index < -0.39 is 6.04 Å². The number of carbonyl (C=O) groups excluding carboxylic acids is 2. The molecule has 0 saturated heterocycles. The number of ketones is 1. The van der Waals surface area contributed by atoms with E-state index in [2.05, 4.69) is 43.8 Å². The maximum Gasteiger partial charge on any atom is 0.252 e. The fourth-order valence-corrected chi connectivity index (χ4v) is 1.99. The summed E-state index contributed by atoms with van der Waals surface area (Å²) in [6.07, 6.45) is 0. The number of benzene rings is 1. The van der Waals surface area contributed by atoms with Gasteiger partial charge >= 0.3 is 0 Å². The summed E-state index contributed by atoms with van der Waals surface area (Å²) in [5.74, 6) is -0.285. The lowest BCUT2D eigenvalue weighted by atomic mass is 10.2. The molecule has 0 fully saturated rings. The quantitative estimate of drug-likeness (QED) is 0.800. The number of halogens is 2. The van der Waals surface area contributed by atoms with Gasteiger partial charge in [-0.2, -0.15) is 0 Å². The van der Waals surface area contributed by atoms with Gasteiger partial charge in [-0.05, 0) is 54.6 Å². The molecule has 5 heteroatoms. The van der Waals surface area contributed by atoms with Gasteiger partial charge in [-0.15, -0.1) is 0 Å². The van der Waals surface area contributed by atoms with Crippen molar-refractivity contribution in [3.8, 4) is 0 Å². The highest BCUT2D eigenvalue weighted by Gasteiger charge is 2.15. The Hall–Kier alpha value is -0.430. The van der Waals surface area contributed by atoms with Crippen molar-refractivity contribution >= 4 is 50.2 Å². The van der Waals surface area contributed by atoms with Gasteiger partial charge in [0, 0.05) is 8.04 Å². The number of rotatable bonds is 3. The fourth-order valence-electron chi connectivity index (χ4n) is 1.05. The van der Waals surface area contributed by atoms with Crippen molar-refractivity contribution in [3.05, 3.63) is 31.8 Å². The lowest BCUT2D eigenvalue weighted by Crippen LogP contribution is -2.37. The normalized spacial score (nSPS) is 12.0. The van der Waals surface area contributed by atoms with Gasteiger partial charge in [0.25, 0.3) is 5.91 Å². The van der Waals surface area contributed by atoms with Crippen molar-refractivity contribution in [3.63, 3.8) is 0 Å². The predicted molar refractivity (Wildman–Crippen MR) is 74.5 cm³/mol. The van der Waals surface area contributed by atoms with Gasteiger partial charge in [0.2, 0.25) is 0 Å². The monoisotopic (exact) mass is 395 g/mol. The molecule has 0 aliphatic rings. The third-order valence-corrected chi connectivity index (χ3v) is 3.56. The van der Waals surface area contributed by atoms with E-state index in [0.717, 1.165) is 8.04 Å². The molecule has 0 aliphatic heterocycles. The van der Waals surface area contributed by atoms with Crippen molar-refractivity contribution in [2.24, 2.45) is 0 Å². The average Bonchev–Trinajstić information content (AvgIpc) is 2.21. The number of hydrogen-bond donors (Lipinski definition) is 1. The van der Waals surface area contributed by atoms with Gasteiger partial charge in [0.05, 0.1) is 11.6 Å². The smallest absolute Gasteiger partial charge is 0.252 e. The standard InChI is InChI=1S/C11H11BrINO2/c1-6(7(2)15)14-11(16)9-5-8(12)3-4-10(9)13/h3-6H,1-2H3,(H,14,16). The van der Waals surface area contributed by atoms with E-state index in [1.807, 2.05) is 12.1 Å². The molecule has 0 saturated carbocycles. The van der Waals surface area contributed by atoms with Crippen LogP contribution in [0.2, 0.25) is 0 Å². The van der Waals surface area contributed by atoms with Crippen LogP contribution in [-0.2, 0) is 4.79 Å². The summed E-state index contributed by atoms with van der Waals surface area (Å²) in [4.78, 5) is 22.9. The van der Waals surface area contributed by atoms with Crippen LogP contribution < -0.4 is 5.32 Å². The lowest BCUT2D eigenvalue weighted by molar-refractivity contribution is -0.118. The minimum atomic E-state index is -0.456. The van der Waals surface area contributed by atoms with Crippen LogP contribution in [0.5, 0.6) is 0 Å². The average molecular weight is 396 g/mol. The highest BCUT2D eigenvalue weighted by atomic mass is 127. The van der Waals surface area contributed by atoms with Crippen LogP contribution in [0.3, 0.4) is 0 Å². The molecule has 3 nitrogen and oxygen atoms in total. The minimum absolute atomic E-state index is 0.0571. The number of nitrogens with one attached hydrogen (secondary N) is 1. The van der Waals surface area contributed by atoms with Gasteiger partial charge in [-0.3, -0.25) is 9.59 Å². The second-order valence-electron chi connectivity index (χ2n) is 3.43. The summed E-state index contributed by atoms with van der Waals surface area (Å²) in [7, 11) is 0. The molecular weight excluding hydrogens is 385 g/mol. The predicted octanol–water partition coefficient (Wildman–Crippen LogP) is 2.76. The van der Waals surface area contributed by atoms with E-state index in [1.165, 1.54) is 6.92 Å². The second kappa shape index (κ2) is 5.77. The molecule has 86 valence electrons. The molecule has 16 heavy (non-hydrogen) atoms. The highest BCUT2D eigenvalue weighted by Crippen LogP contribution is 2.18. The lowest BCUT2D eigenvalue weighted by Gasteiger charge is -2.11. The van der Waals surface area contributed by atoms with Crippen LogP contribution in [0.25, 0.3) is 0 Å². The van der Waals surface area contributed by atoms with Crippen LogP contribution in [0, 0.1) is 3.57 Å². The number of Topliss-reactive ketones (excluding diaryl/α,β-unsaturated/α-hetero) is 1. The first kappa shape index (κ1) is 13.6. The topological polar surface area (TPSA) is 46.2 Å². The van der Waals surface area contributed by atoms with E-state index in [1.54, 1.807) is 13.0 Å².